The van der Waals surface area contributed by atoms with Gasteiger partial charge in [-0.2, -0.15) is 0 Å². The van der Waals surface area contributed by atoms with Crippen LogP contribution in [-0.2, 0) is 4.79 Å². The highest BCUT2D eigenvalue weighted by atomic mass is 16.5. The Balaban J connectivity index is 1.19. The first-order valence-corrected chi connectivity index (χ1v) is 11.6. The van der Waals surface area contributed by atoms with Crippen LogP contribution in [0.25, 0.3) is 0 Å². The van der Waals surface area contributed by atoms with Gasteiger partial charge in [0.2, 0.25) is 0 Å². The summed E-state index contributed by atoms with van der Waals surface area (Å²) in [6.07, 6.45) is 3.52. The monoisotopic (exact) mass is 436 g/mol. The topological polar surface area (TPSA) is 59.1 Å². The highest BCUT2D eigenvalue weighted by Crippen LogP contribution is 2.22. The molecule has 0 saturated carbocycles. The first-order valence-electron chi connectivity index (χ1n) is 11.6. The molecule has 0 bridgehead atoms. The van der Waals surface area contributed by atoms with Crippen LogP contribution in [-0.4, -0.2) is 60.5 Å². The molecule has 2 aliphatic rings. The van der Waals surface area contributed by atoms with Crippen LogP contribution in [0, 0.1) is 5.92 Å². The molecule has 0 N–H and O–H groups in total. The number of carbonyl (C=O) groups excluding carboxylic acids is 2. The molecule has 2 amide bonds. The second-order valence-electron chi connectivity index (χ2n) is 8.68. The molecule has 1 atom stereocenters. The number of benzene rings is 2. The lowest BCUT2D eigenvalue weighted by Gasteiger charge is -2.33. The van der Waals surface area contributed by atoms with Crippen molar-refractivity contribution in [3.8, 4) is 11.5 Å². The van der Waals surface area contributed by atoms with E-state index in [0.29, 0.717) is 18.3 Å². The Kier molecular flexibility index (Phi) is 7.30. The Bertz CT molecular complexity index is 886. The van der Waals surface area contributed by atoms with Crippen LogP contribution in [0.4, 0.5) is 0 Å². The Morgan fingerprint density at radius 3 is 2.19 bits per heavy atom. The normalized spacial score (nSPS) is 17.8. The van der Waals surface area contributed by atoms with Gasteiger partial charge in [-0.3, -0.25) is 9.59 Å². The molecule has 0 unspecified atom stereocenters. The SMILES string of the molecule is C[C@H](Oc1ccccc1)C(=O)N1CCC(COc2ccc(C(=O)N3CCCC3)cc2)CC1. The lowest BCUT2D eigenvalue weighted by molar-refractivity contribution is -0.139. The van der Waals surface area contributed by atoms with Crippen molar-refractivity contribution in [3.63, 3.8) is 0 Å². The number of hydrogen-bond acceptors (Lipinski definition) is 4. The average molecular weight is 437 g/mol. The average Bonchev–Trinajstić information content (AvgIpc) is 3.38. The molecule has 2 aromatic carbocycles. The third kappa shape index (κ3) is 5.61. The molecule has 170 valence electrons. The molecule has 32 heavy (non-hydrogen) atoms. The molecule has 0 radical (unpaired) electrons. The fourth-order valence-electron chi connectivity index (χ4n) is 4.34. The fourth-order valence-corrected chi connectivity index (χ4v) is 4.34. The van der Waals surface area contributed by atoms with E-state index in [0.717, 1.165) is 63.2 Å². The van der Waals surface area contributed by atoms with Crippen LogP contribution in [0.1, 0.15) is 43.0 Å². The molecule has 0 aromatic heterocycles. The molecule has 0 aliphatic carbocycles. The number of nitrogens with zero attached hydrogens (tertiary/aromatic N) is 2. The minimum absolute atomic E-state index is 0.0338. The number of para-hydroxylation sites is 1. The minimum Gasteiger partial charge on any atom is -0.493 e. The van der Waals surface area contributed by atoms with Crippen molar-refractivity contribution in [2.24, 2.45) is 5.92 Å². The molecule has 6 nitrogen and oxygen atoms in total. The van der Waals surface area contributed by atoms with Crippen LogP contribution < -0.4 is 9.47 Å². The van der Waals surface area contributed by atoms with Crippen molar-refractivity contribution >= 4 is 11.8 Å². The van der Waals surface area contributed by atoms with Crippen molar-refractivity contribution in [2.75, 3.05) is 32.8 Å². The lowest BCUT2D eigenvalue weighted by atomic mass is 9.97. The van der Waals surface area contributed by atoms with E-state index in [4.69, 9.17) is 9.47 Å². The number of likely N-dealkylation sites (tertiary alicyclic amines) is 2. The Morgan fingerprint density at radius 2 is 1.53 bits per heavy atom. The van der Waals surface area contributed by atoms with E-state index in [9.17, 15) is 9.59 Å². The van der Waals surface area contributed by atoms with E-state index >= 15 is 0 Å². The number of carbonyl (C=O) groups is 2. The van der Waals surface area contributed by atoms with E-state index in [-0.39, 0.29) is 11.8 Å². The van der Waals surface area contributed by atoms with E-state index in [2.05, 4.69) is 0 Å². The molecule has 4 rings (SSSR count). The number of rotatable bonds is 7. The van der Waals surface area contributed by atoms with Crippen LogP contribution in [0.3, 0.4) is 0 Å². The van der Waals surface area contributed by atoms with Gasteiger partial charge >= 0.3 is 0 Å². The van der Waals surface area contributed by atoms with Gasteiger partial charge in [0.25, 0.3) is 11.8 Å². The van der Waals surface area contributed by atoms with Crippen molar-refractivity contribution in [1.29, 1.82) is 0 Å². The van der Waals surface area contributed by atoms with Gasteiger partial charge in [0.1, 0.15) is 11.5 Å². The van der Waals surface area contributed by atoms with Crippen molar-refractivity contribution in [3.05, 3.63) is 60.2 Å². The summed E-state index contributed by atoms with van der Waals surface area (Å²) in [5.41, 5.74) is 0.720. The van der Waals surface area contributed by atoms with Gasteiger partial charge in [0.15, 0.2) is 6.10 Å². The highest BCUT2D eigenvalue weighted by Gasteiger charge is 2.27. The summed E-state index contributed by atoms with van der Waals surface area (Å²) in [6, 6.07) is 16.9. The fraction of sp³-hybridized carbons (Fsp3) is 0.462. The Labute approximate surface area is 190 Å². The summed E-state index contributed by atoms with van der Waals surface area (Å²) < 4.78 is 11.8. The van der Waals surface area contributed by atoms with Gasteiger partial charge in [0.05, 0.1) is 6.61 Å². The molecule has 2 aromatic rings. The van der Waals surface area contributed by atoms with Gasteiger partial charge < -0.3 is 19.3 Å². The van der Waals surface area contributed by atoms with Crippen molar-refractivity contribution in [2.45, 2.75) is 38.7 Å². The molecule has 2 saturated heterocycles. The van der Waals surface area contributed by atoms with Crippen molar-refractivity contribution in [1.82, 2.24) is 9.80 Å². The number of amides is 2. The summed E-state index contributed by atoms with van der Waals surface area (Å²) >= 11 is 0. The second kappa shape index (κ2) is 10.5. The molecular weight excluding hydrogens is 404 g/mol. The standard InChI is InChI=1S/C26H32N2O4/c1-20(32-24-7-3-2-4-8-24)25(29)28-17-13-21(14-18-28)19-31-23-11-9-22(10-12-23)26(30)27-15-5-6-16-27/h2-4,7-12,20-21H,5-6,13-19H2,1H3/t20-/m0/s1. The van der Waals surface area contributed by atoms with E-state index in [1.807, 2.05) is 71.3 Å². The number of hydrogen-bond donors (Lipinski definition) is 0. The summed E-state index contributed by atoms with van der Waals surface area (Å²) in [6.45, 7) is 5.59. The van der Waals surface area contributed by atoms with Gasteiger partial charge in [-0.15, -0.1) is 0 Å². The summed E-state index contributed by atoms with van der Waals surface area (Å²) in [5, 5.41) is 0. The van der Waals surface area contributed by atoms with Gasteiger partial charge in [0, 0.05) is 31.7 Å². The third-order valence-electron chi connectivity index (χ3n) is 6.31. The predicted octanol–water partition coefficient (Wildman–Crippen LogP) is 4.01. The van der Waals surface area contributed by atoms with Gasteiger partial charge in [-0.05, 0) is 74.9 Å². The zero-order valence-electron chi connectivity index (χ0n) is 18.7. The Morgan fingerprint density at radius 1 is 0.875 bits per heavy atom. The quantitative estimate of drug-likeness (QED) is 0.658. The minimum atomic E-state index is -0.494. The maximum Gasteiger partial charge on any atom is 0.263 e. The predicted molar refractivity (Wildman–Crippen MR) is 123 cm³/mol. The van der Waals surface area contributed by atoms with Crippen LogP contribution >= 0.6 is 0 Å². The summed E-state index contributed by atoms with van der Waals surface area (Å²) in [4.78, 5) is 29.0. The summed E-state index contributed by atoms with van der Waals surface area (Å²) in [5.74, 6) is 2.05. The molecule has 6 heteroatoms. The van der Waals surface area contributed by atoms with E-state index in [1.165, 1.54) is 0 Å². The van der Waals surface area contributed by atoms with Crippen LogP contribution in [0.5, 0.6) is 11.5 Å². The van der Waals surface area contributed by atoms with E-state index < -0.39 is 6.10 Å². The Hall–Kier alpha value is -3.02. The first kappa shape index (κ1) is 22.2. The zero-order valence-corrected chi connectivity index (χ0v) is 18.7. The number of piperidine rings is 1. The summed E-state index contributed by atoms with van der Waals surface area (Å²) in [7, 11) is 0. The largest absolute Gasteiger partial charge is 0.493 e. The smallest absolute Gasteiger partial charge is 0.263 e. The van der Waals surface area contributed by atoms with Gasteiger partial charge in [-0.25, -0.2) is 0 Å². The number of ether oxygens (including phenoxy) is 2. The van der Waals surface area contributed by atoms with Crippen LogP contribution in [0.2, 0.25) is 0 Å². The van der Waals surface area contributed by atoms with Crippen LogP contribution in [0.15, 0.2) is 54.6 Å². The molecule has 2 aliphatic heterocycles. The van der Waals surface area contributed by atoms with Gasteiger partial charge in [-0.1, -0.05) is 18.2 Å². The maximum absolute atomic E-state index is 12.7. The second-order valence-corrected chi connectivity index (χ2v) is 8.68. The zero-order chi connectivity index (χ0) is 22.3. The molecule has 2 fully saturated rings. The molecule has 0 spiro atoms. The van der Waals surface area contributed by atoms with E-state index in [1.54, 1.807) is 0 Å². The van der Waals surface area contributed by atoms with Crippen molar-refractivity contribution < 1.29 is 19.1 Å². The molecular formula is C26H32N2O4. The lowest BCUT2D eigenvalue weighted by Crippen LogP contribution is -2.45. The third-order valence-corrected chi connectivity index (χ3v) is 6.31. The highest BCUT2D eigenvalue weighted by molar-refractivity contribution is 5.94. The molecule has 2 heterocycles. The maximum atomic E-state index is 12.7. The first-order chi connectivity index (χ1) is 15.6.